The first-order chi connectivity index (χ1) is 11.6. The molecule has 1 aliphatic rings. The van der Waals surface area contributed by atoms with Crippen LogP contribution in [0.15, 0.2) is 30.9 Å². The number of carbonyl (C=O) groups excluding carboxylic acids is 1. The molecular formula is C17H23N5O2. The minimum Gasteiger partial charge on any atom is -0.370 e. The fourth-order valence-electron chi connectivity index (χ4n) is 2.84. The van der Waals surface area contributed by atoms with E-state index in [0.717, 1.165) is 17.5 Å². The van der Waals surface area contributed by atoms with Crippen LogP contribution in [0.25, 0.3) is 0 Å². The molecule has 2 aromatic rings. The second-order valence-electron chi connectivity index (χ2n) is 6.04. The van der Waals surface area contributed by atoms with Gasteiger partial charge in [0.05, 0.1) is 19.3 Å². The molecule has 128 valence electrons. The van der Waals surface area contributed by atoms with Crippen LogP contribution in [0.5, 0.6) is 0 Å². The number of aromatic nitrogens is 3. The number of amides is 2. The molecule has 1 N–H and O–H groups in total. The molecule has 3 rings (SSSR count). The highest BCUT2D eigenvalue weighted by molar-refractivity contribution is 5.74. The molecule has 7 nitrogen and oxygen atoms in total. The van der Waals surface area contributed by atoms with E-state index in [2.05, 4.69) is 15.4 Å². The molecule has 2 amide bonds. The molecule has 0 aromatic carbocycles. The van der Waals surface area contributed by atoms with Gasteiger partial charge in [0.1, 0.15) is 6.10 Å². The Morgan fingerprint density at radius 1 is 1.46 bits per heavy atom. The zero-order valence-corrected chi connectivity index (χ0v) is 14.1. The van der Waals surface area contributed by atoms with Gasteiger partial charge in [-0.1, -0.05) is 0 Å². The molecule has 0 bridgehead atoms. The van der Waals surface area contributed by atoms with E-state index in [-0.39, 0.29) is 12.1 Å². The minimum absolute atomic E-state index is 0.0427. The number of ether oxygens (including phenoxy) is 1. The highest BCUT2D eigenvalue weighted by Gasteiger charge is 2.26. The third-order valence-electron chi connectivity index (χ3n) is 4.26. The molecule has 0 radical (unpaired) electrons. The Morgan fingerprint density at radius 2 is 2.33 bits per heavy atom. The summed E-state index contributed by atoms with van der Waals surface area (Å²) >= 11 is 0. The second-order valence-corrected chi connectivity index (χ2v) is 6.04. The SMILES string of the molecule is Cc1cnccc1CCNC(=O)N1CCOC(c2cnn(C)c2)C1. The summed E-state index contributed by atoms with van der Waals surface area (Å²) in [5, 5.41) is 7.16. The predicted octanol–water partition coefficient (Wildman–Crippen LogP) is 1.45. The van der Waals surface area contributed by atoms with Crippen molar-refractivity contribution in [1.29, 1.82) is 0 Å². The monoisotopic (exact) mass is 329 g/mol. The molecule has 2 aromatic heterocycles. The molecule has 1 unspecified atom stereocenters. The van der Waals surface area contributed by atoms with Gasteiger partial charge in [-0.2, -0.15) is 5.10 Å². The quantitative estimate of drug-likeness (QED) is 0.921. The van der Waals surface area contributed by atoms with Crippen LogP contribution in [0.2, 0.25) is 0 Å². The number of morpholine rings is 1. The topological polar surface area (TPSA) is 72.3 Å². The maximum absolute atomic E-state index is 12.4. The predicted molar refractivity (Wildman–Crippen MR) is 89.6 cm³/mol. The van der Waals surface area contributed by atoms with Crippen LogP contribution in [-0.4, -0.2) is 51.9 Å². The first kappa shape index (κ1) is 16.4. The lowest BCUT2D eigenvalue weighted by Gasteiger charge is -2.32. The normalized spacial score (nSPS) is 17.8. The summed E-state index contributed by atoms with van der Waals surface area (Å²) < 4.78 is 7.51. The summed E-state index contributed by atoms with van der Waals surface area (Å²) in [4.78, 5) is 18.3. The minimum atomic E-state index is -0.111. The number of rotatable bonds is 4. The molecule has 0 spiro atoms. The molecule has 0 aliphatic carbocycles. The molecular weight excluding hydrogens is 306 g/mol. The van der Waals surface area contributed by atoms with Crippen LogP contribution in [0.3, 0.4) is 0 Å². The van der Waals surface area contributed by atoms with Gasteiger partial charge in [0.2, 0.25) is 0 Å². The number of carbonyl (C=O) groups is 1. The Kier molecular flexibility index (Phi) is 5.10. The third kappa shape index (κ3) is 3.91. The van der Waals surface area contributed by atoms with Crippen LogP contribution in [0.1, 0.15) is 22.8 Å². The fraction of sp³-hybridized carbons (Fsp3) is 0.471. The average Bonchev–Trinajstić information content (AvgIpc) is 3.03. The second kappa shape index (κ2) is 7.44. The van der Waals surface area contributed by atoms with Crippen LogP contribution in [-0.2, 0) is 18.2 Å². The van der Waals surface area contributed by atoms with Crippen molar-refractivity contribution in [3.63, 3.8) is 0 Å². The van der Waals surface area contributed by atoms with Crippen LogP contribution < -0.4 is 5.32 Å². The standard InChI is InChI=1S/C17H23N5O2/c1-13-9-18-5-3-14(13)4-6-19-17(23)22-7-8-24-16(12-22)15-10-20-21(2)11-15/h3,5,9-11,16H,4,6-8,12H2,1-2H3,(H,19,23). The number of nitrogens with zero attached hydrogens (tertiary/aromatic N) is 4. The molecule has 1 fully saturated rings. The van der Waals surface area contributed by atoms with Gasteiger partial charge in [0.25, 0.3) is 0 Å². The third-order valence-corrected chi connectivity index (χ3v) is 4.26. The van der Waals surface area contributed by atoms with E-state index in [4.69, 9.17) is 4.74 Å². The van der Waals surface area contributed by atoms with Crippen molar-refractivity contribution in [3.8, 4) is 0 Å². The van der Waals surface area contributed by atoms with Crippen LogP contribution in [0, 0.1) is 6.92 Å². The molecule has 1 aliphatic heterocycles. The summed E-state index contributed by atoms with van der Waals surface area (Å²) in [6.07, 6.45) is 8.04. The number of urea groups is 1. The van der Waals surface area contributed by atoms with Crippen molar-refractivity contribution in [2.75, 3.05) is 26.2 Å². The van der Waals surface area contributed by atoms with Gasteiger partial charge in [-0.15, -0.1) is 0 Å². The first-order valence-corrected chi connectivity index (χ1v) is 8.16. The maximum atomic E-state index is 12.4. The maximum Gasteiger partial charge on any atom is 0.317 e. The smallest absolute Gasteiger partial charge is 0.317 e. The number of nitrogens with one attached hydrogen (secondary N) is 1. The van der Waals surface area contributed by atoms with Crippen LogP contribution >= 0.6 is 0 Å². The number of aryl methyl sites for hydroxylation is 2. The van der Waals surface area contributed by atoms with Gasteiger partial charge < -0.3 is 15.0 Å². The van der Waals surface area contributed by atoms with E-state index < -0.39 is 0 Å². The van der Waals surface area contributed by atoms with Crippen LogP contribution in [0.4, 0.5) is 4.79 Å². The van der Waals surface area contributed by atoms with Crippen molar-refractivity contribution >= 4 is 6.03 Å². The molecule has 3 heterocycles. The summed E-state index contributed by atoms with van der Waals surface area (Å²) in [5.41, 5.74) is 3.36. The van der Waals surface area contributed by atoms with Gasteiger partial charge >= 0.3 is 6.03 Å². The zero-order valence-electron chi connectivity index (χ0n) is 14.1. The largest absolute Gasteiger partial charge is 0.370 e. The molecule has 1 saturated heterocycles. The molecule has 0 saturated carbocycles. The van der Waals surface area contributed by atoms with Crippen molar-refractivity contribution in [2.24, 2.45) is 7.05 Å². The number of pyridine rings is 1. The Labute approximate surface area is 141 Å². The van der Waals surface area contributed by atoms with E-state index in [0.29, 0.717) is 26.2 Å². The lowest BCUT2D eigenvalue weighted by Crippen LogP contribution is -2.47. The van der Waals surface area contributed by atoms with E-state index >= 15 is 0 Å². The summed E-state index contributed by atoms with van der Waals surface area (Å²) in [5.74, 6) is 0. The highest BCUT2D eigenvalue weighted by atomic mass is 16.5. The Hall–Kier alpha value is -2.41. The van der Waals surface area contributed by atoms with E-state index in [1.807, 2.05) is 32.4 Å². The highest BCUT2D eigenvalue weighted by Crippen LogP contribution is 2.21. The van der Waals surface area contributed by atoms with Gasteiger partial charge in [-0.05, 0) is 30.5 Å². The zero-order chi connectivity index (χ0) is 16.9. The van der Waals surface area contributed by atoms with E-state index in [9.17, 15) is 4.79 Å². The molecule has 24 heavy (non-hydrogen) atoms. The van der Waals surface area contributed by atoms with Gasteiger partial charge in [0, 0.05) is 44.3 Å². The van der Waals surface area contributed by atoms with E-state index in [1.165, 1.54) is 5.56 Å². The number of hydrogen-bond acceptors (Lipinski definition) is 4. The Morgan fingerprint density at radius 3 is 3.08 bits per heavy atom. The van der Waals surface area contributed by atoms with E-state index in [1.54, 1.807) is 22.0 Å². The van der Waals surface area contributed by atoms with Crippen molar-refractivity contribution in [1.82, 2.24) is 25.0 Å². The average molecular weight is 329 g/mol. The molecule has 7 heteroatoms. The first-order valence-electron chi connectivity index (χ1n) is 8.16. The number of hydrogen-bond donors (Lipinski definition) is 1. The van der Waals surface area contributed by atoms with Crippen molar-refractivity contribution in [2.45, 2.75) is 19.4 Å². The lowest BCUT2D eigenvalue weighted by molar-refractivity contribution is -0.0154. The van der Waals surface area contributed by atoms with Crippen molar-refractivity contribution in [3.05, 3.63) is 47.5 Å². The Balaban J connectivity index is 1.50. The van der Waals surface area contributed by atoms with Gasteiger partial charge in [-0.25, -0.2) is 4.79 Å². The summed E-state index contributed by atoms with van der Waals surface area (Å²) in [6.45, 7) is 4.34. The Bertz CT molecular complexity index is 700. The summed E-state index contributed by atoms with van der Waals surface area (Å²) in [6, 6.07) is 1.95. The molecule has 1 atom stereocenters. The van der Waals surface area contributed by atoms with Crippen molar-refractivity contribution < 1.29 is 9.53 Å². The van der Waals surface area contributed by atoms with Gasteiger partial charge in [0.15, 0.2) is 0 Å². The summed E-state index contributed by atoms with van der Waals surface area (Å²) in [7, 11) is 1.87. The van der Waals surface area contributed by atoms with Gasteiger partial charge in [-0.3, -0.25) is 9.67 Å². The lowest BCUT2D eigenvalue weighted by atomic mass is 10.1. The fourth-order valence-corrected chi connectivity index (χ4v) is 2.84.